The lowest BCUT2D eigenvalue weighted by molar-refractivity contribution is -0.897. The second kappa shape index (κ2) is 5.13. The van der Waals surface area contributed by atoms with E-state index in [2.05, 4.69) is 72.3 Å². The standard InChI is InChI=1S/C18H28N/c1-7-8-16-14(3)17(18(16)19(4,5)6)15-11-9-13(2)10-12-15/h8-12,14,17-18H,7H2,1-6H3/q+1/b16-8-/t14?,17-,18?/m1/s1. The van der Waals surface area contributed by atoms with Crippen molar-refractivity contribution in [3.8, 4) is 0 Å². The molecule has 19 heavy (non-hydrogen) atoms. The van der Waals surface area contributed by atoms with Crippen LogP contribution in [0.2, 0.25) is 0 Å². The molecule has 1 saturated carbocycles. The average Bonchev–Trinajstić information content (AvgIpc) is 2.33. The second-order valence-corrected chi connectivity index (χ2v) is 6.90. The molecule has 1 aromatic carbocycles. The van der Waals surface area contributed by atoms with Gasteiger partial charge < -0.3 is 4.48 Å². The van der Waals surface area contributed by atoms with Gasteiger partial charge in [-0.05, 0) is 30.4 Å². The summed E-state index contributed by atoms with van der Waals surface area (Å²) < 4.78 is 1.02. The highest BCUT2D eigenvalue weighted by Crippen LogP contribution is 2.50. The van der Waals surface area contributed by atoms with Crippen molar-refractivity contribution in [3.05, 3.63) is 47.0 Å². The molecular formula is C18H28N+. The van der Waals surface area contributed by atoms with Crippen molar-refractivity contribution in [2.45, 2.75) is 39.2 Å². The summed E-state index contributed by atoms with van der Waals surface area (Å²) in [5.74, 6) is 1.35. The molecule has 0 saturated heterocycles. The predicted octanol–water partition coefficient (Wildman–Crippen LogP) is 4.14. The first-order valence-electron chi connectivity index (χ1n) is 7.44. The van der Waals surface area contributed by atoms with Crippen LogP contribution < -0.4 is 0 Å². The van der Waals surface area contributed by atoms with Crippen molar-refractivity contribution in [2.24, 2.45) is 5.92 Å². The van der Waals surface area contributed by atoms with Gasteiger partial charge in [-0.15, -0.1) is 0 Å². The van der Waals surface area contributed by atoms with Gasteiger partial charge in [0.1, 0.15) is 6.04 Å². The molecule has 2 unspecified atom stereocenters. The van der Waals surface area contributed by atoms with Crippen LogP contribution in [0.25, 0.3) is 0 Å². The van der Waals surface area contributed by atoms with Gasteiger partial charge in [-0.1, -0.05) is 49.8 Å². The normalized spacial score (nSPS) is 29.4. The van der Waals surface area contributed by atoms with Crippen LogP contribution >= 0.6 is 0 Å². The largest absolute Gasteiger partial charge is 0.324 e. The zero-order chi connectivity index (χ0) is 14.2. The molecular weight excluding hydrogens is 230 g/mol. The van der Waals surface area contributed by atoms with Crippen LogP contribution in [0.1, 0.15) is 37.3 Å². The topological polar surface area (TPSA) is 0 Å². The fraction of sp³-hybridized carbons (Fsp3) is 0.556. The fourth-order valence-corrected chi connectivity index (χ4v) is 3.57. The summed E-state index contributed by atoms with van der Waals surface area (Å²) in [6.45, 7) is 6.79. The Labute approximate surface area is 118 Å². The van der Waals surface area contributed by atoms with E-state index in [0.717, 1.165) is 10.9 Å². The Morgan fingerprint density at radius 3 is 2.16 bits per heavy atom. The maximum absolute atomic E-state index is 2.45. The first-order valence-corrected chi connectivity index (χ1v) is 7.44. The highest BCUT2D eigenvalue weighted by atomic mass is 15.3. The van der Waals surface area contributed by atoms with Gasteiger partial charge in [0.15, 0.2) is 0 Å². The number of likely N-dealkylation sites (N-methyl/N-ethyl adjacent to an activating group) is 1. The summed E-state index contributed by atoms with van der Waals surface area (Å²) in [7, 11) is 6.96. The van der Waals surface area contributed by atoms with E-state index >= 15 is 0 Å². The first kappa shape index (κ1) is 14.3. The van der Waals surface area contributed by atoms with Crippen LogP contribution in [0.3, 0.4) is 0 Å². The van der Waals surface area contributed by atoms with Crippen LogP contribution in [0.15, 0.2) is 35.9 Å². The zero-order valence-corrected chi connectivity index (χ0v) is 13.3. The molecule has 1 aliphatic carbocycles. The Balaban J connectivity index is 2.34. The van der Waals surface area contributed by atoms with Crippen LogP contribution in [-0.4, -0.2) is 31.7 Å². The monoisotopic (exact) mass is 258 g/mol. The van der Waals surface area contributed by atoms with Crippen LogP contribution in [0.5, 0.6) is 0 Å². The van der Waals surface area contributed by atoms with Gasteiger partial charge in [0.05, 0.1) is 21.1 Å². The number of aryl methyl sites for hydroxylation is 1. The summed E-state index contributed by atoms with van der Waals surface area (Å²) in [6.07, 6.45) is 3.60. The Bertz CT molecular complexity index is 461. The first-order chi connectivity index (χ1) is 8.86. The van der Waals surface area contributed by atoms with E-state index in [0.29, 0.717) is 17.9 Å². The molecule has 1 aliphatic rings. The van der Waals surface area contributed by atoms with E-state index in [-0.39, 0.29) is 0 Å². The highest BCUT2D eigenvalue weighted by molar-refractivity contribution is 5.38. The fourth-order valence-electron chi connectivity index (χ4n) is 3.57. The molecule has 0 bridgehead atoms. The molecule has 2 rings (SSSR count). The molecule has 1 nitrogen and oxygen atoms in total. The van der Waals surface area contributed by atoms with Crippen molar-refractivity contribution in [1.82, 2.24) is 0 Å². The van der Waals surface area contributed by atoms with Gasteiger partial charge in [0.2, 0.25) is 0 Å². The highest BCUT2D eigenvalue weighted by Gasteiger charge is 2.51. The van der Waals surface area contributed by atoms with E-state index in [1.165, 1.54) is 11.1 Å². The number of nitrogens with zero attached hydrogens (tertiary/aromatic N) is 1. The van der Waals surface area contributed by atoms with Crippen molar-refractivity contribution >= 4 is 0 Å². The molecule has 1 fully saturated rings. The van der Waals surface area contributed by atoms with Crippen molar-refractivity contribution in [2.75, 3.05) is 21.1 Å². The summed E-state index contributed by atoms with van der Waals surface area (Å²) in [4.78, 5) is 0. The van der Waals surface area contributed by atoms with E-state index in [9.17, 15) is 0 Å². The molecule has 104 valence electrons. The number of hydrogen-bond donors (Lipinski definition) is 0. The van der Waals surface area contributed by atoms with Crippen LogP contribution in [0.4, 0.5) is 0 Å². The molecule has 0 aliphatic heterocycles. The van der Waals surface area contributed by atoms with Gasteiger partial charge in [0.25, 0.3) is 0 Å². The lowest BCUT2D eigenvalue weighted by atomic mass is 9.61. The number of quaternary nitrogens is 1. The third-order valence-electron chi connectivity index (χ3n) is 4.48. The van der Waals surface area contributed by atoms with Gasteiger partial charge >= 0.3 is 0 Å². The summed E-state index contributed by atoms with van der Waals surface area (Å²) >= 11 is 0. The lowest BCUT2D eigenvalue weighted by Crippen LogP contribution is -2.58. The molecule has 0 aromatic heterocycles. The van der Waals surface area contributed by atoms with E-state index < -0.39 is 0 Å². The van der Waals surface area contributed by atoms with Crippen molar-refractivity contribution < 1.29 is 4.48 Å². The van der Waals surface area contributed by atoms with Crippen LogP contribution in [-0.2, 0) is 0 Å². The van der Waals surface area contributed by atoms with Gasteiger partial charge in [0, 0.05) is 5.92 Å². The number of allylic oxidation sites excluding steroid dienone is 1. The Kier molecular flexibility index (Phi) is 3.87. The lowest BCUT2D eigenvalue weighted by Gasteiger charge is -2.52. The maximum atomic E-state index is 2.45. The average molecular weight is 258 g/mol. The molecule has 0 amide bonds. The SMILES string of the molecule is CC/C=C1/C(C)[C@H](c2ccc(C)cc2)C1[N+](C)(C)C. The summed E-state index contributed by atoms with van der Waals surface area (Å²) in [5.41, 5.74) is 4.51. The Morgan fingerprint density at radius 1 is 1.11 bits per heavy atom. The minimum absolute atomic E-state index is 0.637. The Morgan fingerprint density at radius 2 is 1.68 bits per heavy atom. The third kappa shape index (κ3) is 2.62. The number of hydrogen-bond acceptors (Lipinski definition) is 0. The molecule has 0 spiro atoms. The van der Waals surface area contributed by atoms with Crippen molar-refractivity contribution in [1.29, 1.82) is 0 Å². The van der Waals surface area contributed by atoms with E-state index in [1.54, 1.807) is 5.57 Å². The number of benzene rings is 1. The molecule has 0 N–H and O–H groups in total. The number of rotatable bonds is 3. The minimum atomic E-state index is 0.637. The maximum Gasteiger partial charge on any atom is 0.118 e. The zero-order valence-electron chi connectivity index (χ0n) is 13.3. The third-order valence-corrected chi connectivity index (χ3v) is 4.48. The molecule has 0 radical (unpaired) electrons. The summed E-state index contributed by atoms with van der Waals surface area (Å²) in [6, 6.07) is 9.77. The molecule has 1 aromatic rings. The van der Waals surface area contributed by atoms with Crippen LogP contribution in [0, 0.1) is 12.8 Å². The quantitative estimate of drug-likeness (QED) is 0.564. The van der Waals surface area contributed by atoms with Gasteiger partial charge in [-0.25, -0.2) is 0 Å². The van der Waals surface area contributed by atoms with E-state index in [1.807, 2.05) is 0 Å². The Hall–Kier alpha value is -1.08. The van der Waals surface area contributed by atoms with E-state index in [4.69, 9.17) is 0 Å². The van der Waals surface area contributed by atoms with Gasteiger partial charge in [-0.3, -0.25) is 0 Å². The van der Waals surface area contributed by atoms with Gasteiger partial charge in [-0.2, -0.15) is 0 Å². The summed E-state index contributed by atoms with van der Waals surface area (Å²) in [5, 5.41) is 0. The molecule has 0 heterocycles. The molecule has 3 atom stereocenters. The van der Waals surface area contributed by atoms with Crippen molar-refractivity contribution in [3.63, 3.8) is 0 Å². The predicted molar refractivity (Wildman–Crippen MR) is 83.3 cm³/mol. The minimum Gasteiger partial charge on any atom is -0.324 e. The second-order valence-electron chi connectivity index (χ2n) is 6.90. The molecule has 1 heteroatoms. The smallest absolute Gasteiger partial charge is 0.118 e.